The monoisotopic (exact) mass is 273 g/mol. The fraction of sp³-hybridized carbons (Fsp3) is 0.438. The Hall–Kier alpha value is -1.65. The summed E-state index contributed by atoms with van der Waals surface area (Å²) in [5.41, 5.74) is 3.14. The van der Waals surface area contributed by atoms with Crippen molar-refractivity contribution in [2.45, 2.75) is 32.9 Å². The molecule has 0 amide bonds. The summed E-state index contributed by atoms with van der Waals surface area (Å²) in [6.07, 6.45) is 0.775. The van der Waals surface area contributed by atoms with Gasteiger partial charge in [0.25, 0.3) is 0 Å². The molecule has 1 atom stereocenters. The van der Waals surface area contributed by atoms with Crippen LogP contribution in [-0.2, 0) is 6.54 Å². The predicted octanol–water partition coefficient (Wildman–Crippen LogP) is 2.57. The summed E-state index contributed by atoms with van der Waals surface area (Å²) in [7, 11) is 0. The van der Waals surface area contributed by atoms with Crippen molar-refractivity contribution in [2.75, 3.05) is 6.61 Å². The van der Waals surface area contributed by atoms with Crippen LogP contribution < -0.4 is 5.32 Å². The fourth-order valence-electron chi connectivity index (χ4n) is 2.26. The van der Waals surface area contributed by atoms with Crippen LogP contribution >= 0.6 is 0 Å². The zero-order valence-corrected chi connectivity index (χ0v) is 12.1. The van der Waals surface area contributed by atoms with E-state index in [9.17, 15) is 0 Å². The zero-order chi connectivity index (χ0) is 14.4. The first-order valence-corrected chi connectivity index (χ1v) is 7.14. The van der Waals surface area contributed by atoms with Crippen LogP contribution in [0.2, 0.25) is 0 Å². The standard InChI is InChI=1S/C16H23N3O/c1-12(2)15(8-9-20)17-11-14-10-16(19-18-14)13-6-4-3-5-7-13/h3-7,10,12,15,17,20H,8-9,11H2,1-2H3,(H,18,19). The Labute approximate surface area is 120 Å². The van der Waals surface area contributed by atoms with Gasteiger partial charge < -0.3 is 10.4 Å². The second kappa shape index (κ2) is 7.22. The van der Waals surface area contributed by atoms with Crippen molar-refractivity contribution in [2.24, 2.45) is 5.92 Å². The summed E-state index contributed by atoms with van der Waals surface area (Å²) in [5, 5.41) is 20.0. The van der Waals surface area contributed by atoms with Gasteiger partial charge in [-0.1, -0.05) is 44.2 Å². The molecule has 0 bridgehead atoms. The molecule has 0 aliphatic rings. The third kappa shape index (κ3) is 3.92. The molecule has 1 unspecified atom stereocenters. The summed E-state index contributed by atoms with van der Waals surface area (Å²) < 4.78 is 0. The van der Waals surface area contributed by atoms with Gasteiger partial charge in [-0.05, 0) is 18.4 Å². The minimum absolute atomic E-state index is 0.216. The molecule has 1 aromatic carbocycles. The highest BCUT2D eigenvalue weighted by Crippen LogP contribution is 2.17. The van der Waals surface area contributed by atoms with Gasteiger partial charge in [-0.25, -0.2) is 0 Å². The minimum atomic E-state index is 0.216. The predicted molar refractivity (Wildman–Crippen MR) is 81.2 cm³/mol. The molecule has 20 heavy (non-hydrogen) atoms. The van der Waals surface area contributed by atoms with E-state index >= 15 is 0 Å². The molecule has 3 N–H and O–H groups in total. The number of aliphatic hydroxyl groups excluding tert-OH is 1. The van der Waals surface area contributed by atoms with Crippen molar-refractivity contribution < 1.29 is 5.11 Å². The van der Waals surface area contributed by atoms with Gasteiger partial charge in [-0.2, -0.15) is 5.10 Å². The number of H-pyrrole nitrogens is 1. The van der Waals surface area contributed by atoms with Gasteiger partial charge in [0.05, 0.1) is 5.69 Å². The van der Waals surface area contributed by atoms with Crippen LogP contribution in [0.4, 0.5) is 0 Å². The summed E-state index contributed by atoms with van der Waals surface area (Å²) in [6, 6.07) is 12.5. The summed E-state index contributed by atoms with van der Waals surface area (Å²) in [4.78, 5) is 0. The third-order valence-corrected chi connectivity index (χ3v) is 3.50. The van der Waals surface area contributed by atoms with Gasteiger partial charge in [-0.3, -0.25) is 5.10 Å². The lowest BCUT2D eigenvalue weighted by Crippen LogP contribution is -2.34. The normalized spacial score (nSPS) is 12.8. The lowest BCUT2D eigenvalue weighted by atomic mass is 10.0. The number of aromatic nitrogens is 2. The number of nitrogens with one attached hydrogen (secondary N) is 2. The van der Waals surface area contributed by atoms with Gasteiger partial charge in [0.2, 0.25) is 0 Å². The van der Waals surface area contributed by atoms with E-state index in [-0.39, 0.29) is 6.61 Å². The van der Waals surface area contributed by atoms with Crippen LogP contribution in [0.1, 0.15) is 26.0 Å². The molecule has 0 aliphatic carbocycles. The average molecular weight is 273 g/mol. The van der Waals surface area contributed by atoms with Crippen LogP contribution in [0, 0.1) is 5.92 Å². The lowest BCUT2D eigenvalue weighted by molar-refractivity contribution is 0.243. The molecule has 1 aromatic heterocycles. The summed E-state index contributed by atoms with van der Waals surface area (Å²) in [6.45, 7) is 5.28. The van der Waals surface area contributed by atoms with Crippen molar-refractivity contribution in [3.05, 3.63) is 42.1 Å². The number of benzene rings is 1. The highest BCUT2D eigenvalue weighted by molar-refractivity contribution is 5.58. The Balaban J connectivity index is 1.96. The SMILES string of the molecule is CC(C)C(CCO)NCc1cc(-c2ccccc2)n[nH]1. The molecule has 0 saturated heterocycles. The number of rotatable bonds is 7. The van der Waals surface area contributed by atoms with E-state index in [2.05, 4.69) is 47.6 Å². The molecule has 0 spiro atoms. The highest BCUT2D eigenvalue weighted by atomic mass is 16.3. The smallest absolute Gasteiger partial charge is 0.0924 e. The Morgan fingerprint density at radius 2 is 2.00 bits per heavy atom. The Kier molecular flexibility index (Phi) is 5.32. The lowest BCUT2D eigenvalue weighted by Gasteiger charge is -2.21. The molecule has 1 heterocycles. The first kappa shape index (κ1) is 14.8. The molecule has 108 valence electrons. The first-order chi connectivity index (χ1) is 9.70. The van der Waals surface area contributed by atoms with Crippen molar-refractivity contribution in [1.82, 2.24) is 15.5 Å². The number of hydrogen-bond donors (Lipinski definition) is 3. The molecule has 0 saturated carbocycles. The van der Waals surface area contributed by atoms with Crippen LogP contribution in [0.15, 0.2) is 36.4 Å². The van der Waals surface area contributed by atoms with Crippen LogP contribution in [0.5, 0.6) is 0 Å². The fourth-order valence-corrected chi connectivity index (χ4v) is 2.26. The van der Waals surface area contributed by atoms with Crippen LogP contribution in [-0.4, -0.2) is 28.0 Å². The van der Waals surface area contributed by atoms with Crippen LogP contribution in [0.25, 0.3) is 11.3 Å². The van der Waals surface area contributed by atoms with E-state index in [0.717, 1.165) is 29.9 Å². The largest absolute Gasteiger partial charge is 0.396 e. The van der Waals surface area contributed by atoms with Gasteiger partial charge in [0.15, 0.2) is 0 Å². The minimum Gasteiger partial charge on any atom is -0.396 e. The molecule has 0 radical (unpaired) electrons. The van der Waals surface area contributed by atoms with Gasteiger partial charge in [-0.15, -0.1) is 0 Å². The third-order valence-electron chi connectivity index (χ3n) is 3.50. The van der Waals surface area contributed by atoms with Crippen molar-refractivity contribution >= 4 is 0 Å². The second-order valence-electron chi connectivity index (χ2n) is 5.39. The van der Waals surface area contributed by atoms with E-state index in [1.807, 2.05) is 18.2 Å². The topological polar surface area (TPSA) is 60.9 Å². The van der Waals surface area contributed by atoms with Crippen molar-refractivity contribution in [1.29, 1.82) is 0 Å². The molecule has 2 aromatic rings. The molecular weight excluding hydrogens is 250 g/mol. The molecule has 4 nitrogen and oxygen atoms in total. The van der Waals surface area contributed by atoms with Gasteiger partial charge in [0, 0.05) is 30.5 Å². The number of aromatic amines is 1. The Bertz CT molecular complexity index is 507. The number of hydrogen-bond acceptors (Lipinski definition) is 3. The maximum Gasteiger partial charge on any atom is 0.0924 e. The van der Waals surface area contributed by atoms with E-state index in [0.29, 0.717) is 12.0 Å². The Morgan fingerprint density at radius 3 is 2.65 bits per heavy atom. The van der Waals surface area contributed by atoms with Crippen molar-refractivity contribution in [3.63, 3.8) is 0 Å². The van der Waals surface area contributed by atoms with Crippen LogP contribution in [0.3, 0.4) is 0 Å². The van der Waals surface area contributed by atoms with E-state index in [1.54, 1.807) is 0 Å². The second-order valence-corrected chi connectivity index (χ2v) is 5.39. The van der Waals surface area contributed by atoms with E-state index in [4.69, 9.17) is 5.11 Å². The number of aliphatic hydroxyl groups is 1. The van der Waals surface area contributed by atoms with Gasteiger partial charge >= 0.3 is 0 Å². The van der Waals surface area contributed by atoms with Gasteiger partial charge in [0.1, 0.15) is 0 Å². The van der Waals surface area contributed by atoms with E-state index < -0.39 is 0 Å². The maximum absolute atomic E-state index is 9.08. The quantitative estimate of drug-likeness (QED) is 0.726. The molecule has 0 aliphatic heterocycles. The highest BCUT2D eigenvalue weighted by Gasteiger charge is 2.12. The number of nitrogens with zero attached hydrogens (tertiary/aromatic N) is 1. The molecule has 4 heteroatoms. The molecule has 0 fully saturated rings. The maximum atomic E-state index is 9.08. The average Bonchev–Trinajstić information content (AvgIpc) is 2.93. The summed E-state index contributed by atoms with van der Waals surface area (Å²) in [5.74, 6) is 0.499. The van der Waals surface area contributed by atoms with E-state index in [1.165, 1.54) is 0 Å². The Morgan fingerprint density at radius 1 is 1.25 bits per heavy atom. The summed E-state index contributed by atoms with van der Waals surface area (Å²) >= 11 is 0. The molecule has 2 rings (SSSR count). The zero-order valence-electron chi connectivity index (χ0n) is 12.1. The first-order valence-electron chi connectivity index (χ1n) is 7.14. The van der Waals surface area contributed by atoms with Crippen molar-refractivity contribution in [3.8, 4) is 11.3 Å². The molecular formula is C16H23N3O.